The highest BCUT2D eigenvalue weighted by Crippen LogP contribution is 2.39. The summed E-state index contributed by atoms with van der Waals surface area (Å²) in [6.07, 6.45) is 0. The summed E-state index contributed by atoms with van der Waals surface area (Å²) >= 11 is 0. The third-order valence-electron chi connectivity index (χ3n) is 5.06. The molecule has 1 heterocycles. The molecule has 0 unspecified atom stereocenters. The SMILES string of the molecule is COc1cccc(-c2cc(C(N)=O)c(C)n2Cc2cc(OC)c(OC)c(OC)c2)c1. The predicted molar refractivity (Wildman–Crippen MR) is 115 cm³/mol. The molecular formula is C23H26N2O5. The van der Waals surface area contributed by atoms with Crippen molar-refractivity contribution in [1.29, 1.82) is 0 Å². The number of nitrogens with zero attached hydrogens (tertiary/aromatic N) is 1. The van der Waals surface area contributed by atoms with Crippen LogP contribution in [0.15, 0.2) is 42.5 Å². The molecule has 1 amide bonds. The molecule has 0 atom stereocenters. The zero-order valence-electron chi connectivity index (χ0n) is 17.8. The van der Waals surface area contributed by atoms with Gasteiger partial charge in [0.05, 0.1) is 34.0 Å². The Hall–Kier alpha value is -3.61. The van der Waals surface area contributed by atoms with Crippen LogP contribution in [0.4, 0.5) is 0 Å². The molecule has 0 aliphatic heterocycles. The number of hydrogen-bond acceptors (Lipinski definition) is 5. The maximum atomic E-state index is 12.0. The fourth-order valence-electron chi connectivity index (χ4n) is 3.53. The largest absolute Gasteiger partial charge is 0.497 e. The van der Waals surface area contributed by atoms with E-state index in [1.165, 1.54) is 0 Å². The molecule has 0 fully saturated rings. The minimum Gasteiger partial charge on any atom is -0.497 e. The van der Waals surface area contributed by atoms with E-state index in [4.69, 9.17) is 24.7 Å². The highest BCUT2D eigenvalue weighted by molar-refractivity contribution is 5.95. The smallest absolute Gasteiger partial charge is 0.250 e. The van der Waals surface area contributed by atoms with Gasteiger partial charge >= 0.3 is 0 Å². The third kappa shape index (κ3) is 3.91. The van der Waals surface area contributed by atoms with Crippen molar-refractivity contribution in [1.82, 2.24) is 4.57 Å². The molecule has 3 aromatic rings. The molecule has 7 nitrogen and oxygen atoms in total. The van der Waals surface area contributed by atoms with Crippen molar-refractivity contribution in [3.8, 4) is 34.3 Å². The molecule has 1 aromatic heterocycles. The molecular weight excluding hydrogens is 384 g/mol. The zero-order valence-corrected chi connectivity index (χ0v) is 17.8. The minimum atomic E-state index is -0.472. The van der Waals surface area contributed by atoms with Crippen molar-refractivity contribution >= 4 is 5.91 Å². The van der Waals surface area contributed by atoms with Gasteiger partial charge in [-0.1, -0.05) is 12.1 Å². The number of methoxy groups -OCH3 is 4. The van der Waals surface area contributed by atoms with E-state index < -0.39 is 5.91 Å². The van der Waals surface area contributed by atoms with Crippen molar-refractivity contribution in [2.24, 2.45) is 5.73 Å². The summed E-state index contributed by atoms with van der Waals surface area (Å²) in [4.78, 5) is 12.0. The number of carbonyl (C=O) groups excluding carboxylic acids is 1. The van der Waals surface area contributed by atoms with Crippen molar-refractivity contribution in [2.75, 3.05) is 28.4 Å². The van der Waals surface area contributed by atoms with Crippen LogP contribution in [0.1, 0.15) is 21.6 Å². The normalized spacial score (nSPS) is 10.6. The van der Waals surface area contributed by atoms with Gasteiger partial charge in [-0.3, -0.25) is 4.79 Å². The molecule has 0 radical (unpaired) electrons. The summed E-state index contributed by atoms with van der Waals surface area (Å²) < 4.78 is 23.7. The van der Waals surface area contributed by atoms with E-state index in [0.29, 0.717) is 29.4 Å². The van der Waals surface area contributed by atoms with Crippen LogP contribution >= 0.6 is 0 Å². The summed E-state index contributed by atoms with van der Waals surface area (Å²) in [5.74, 6) is 1.91. The van der Waals surface area contributed by atoms with Crippen LogP contribution in [-0.4, -0.2) is 38.9 Å². The molecule has 0 bridgehead atoms. The molecule has 2 N–H and O–H groups in total. The maximum absolute atomic E-state index is 12.0. The first-order chi connectivity index (χ1) is 14.4. The Bertz CT molecular complexity index is 1050. The number of aromatic nitrogens is 1. The molecule has 30 heavy (non-hydrogen) atoms. The van der Waals surface area contributed by atoms with Crippen LogP contribution in [0.2, 0.25) is 0 Å². The summed E-state index contributed by atoms with van der Waals surface area (Å²) in [6.45, 7) is 2.35. The first kappa shape index (κ1) is 21.1. The van der Waals surface area contributed by atoms with E-state index in [9.17, 15) is 4.79 Å². The van der Waals surface area contributed by atoms with Gasteiger partial charge in [-0.05, 0) is 42.8 Å². The lowest BCUT2D eigenvalue weighted by atomic mass is 10.1. The van der Waals surface area contributed by atoms with Gasteiger partial charge in [0.15, 0.2) is 11.5 Å². The van der Waals surface area contributed by atoms with E-state index >= 15 is 0 Å². The van der Waals surface area contributed by atoms with Crippen LogP contribution in [0, 0.1) is 6.92 Å². The van der Waals surface area contributed by atoms with E-state index in [1.54, 1.807) is 28.4 Å². The quantitative estimate of drug-likeness (QED) is 0.613. The van der Waals surface area contributed by atoms with Gasteiger partial charge in [0, 0.05) is 23.5 Å². The fraction of sp³-hybridized carbons (Fsp3) is 0.261. The summed E-state index contributed by atoms with van der Waals surface area (Å²) in [6, 6.07) is 13.3. The molecule has 7 heteroatoms. The lowest BCUT2D eigenvalue weighted by Gasteiger charge is -2.17. The number of primary amides is 1. The van der Waals surface area contributed by atoms with Crippen molar-refractivity contribution < 1.29 is 23.7 Å². The summed E-state index contributed by atoms with van der Waals surface area (Å²) in [5, 5.41) is 0. The van der Waals surface area contributed by atoms with E-state index in [-0.39, 0.29) is 0 Å². The third-order valence-corrected chi connectivity index (χ3v) is 5.06. The molecule has 0 spiro atoms. The molecule has 0 aliphatic rings. The van der Waals surface area contributed by atoms with Gasteiger partial charge in [-0.25, -0.2) is 0 Å². The first-order valence-electron chi connectivity index (χ1n) is 9.36. The Morgan fingerprint density at radius 3 is 2.13 bits per heavy atom. The Labute approximate surface area is 175 Å². The minimum absolute atomic E-state index is 0.472. The number of hydrogen-bond donors (Lipinski definition) is 1. The number of carbonyl (C=O) groups is 1. The highest BCUT2D eigenvalue weighted by atomic mass is 16.5. The van der Waals surface area contributed by atoms with E-state index in [0.717, 1.165) is 28.3 Å². The van der Waals surface area contributed by atoms with E-state index in [1.807, 2.05) is 54.0 Å². The standard InChI is InChI=1S/C23H26N2O5/c1-14-18(23(24)26)12-19(16-7-6-8-17(11-16)27-2)25(14)13-15-9-20(28-3)22(30-5)21(10-15)29-4/h6-12H,13H2,1-5H3,(H2,24,26). The van der Waals surface area contributed by atoms with Crippen LogP contribution in [0.3, 0.4) is 0 Å². The van der Waals surface area contributed by atoms with Crippen molar-refractivity contribution in [3.05, 3.63) is 59.3 Å². The van der Waals surface area contributed by atoms with Gasteiger partial charge in [0.25, 0.3) is 5.91 Å². The zero-order chi connectivity index (χ0) is 21.8. The van der Waals surface area contributed by atoms with Gasteiger partial charge in [-0.15, -0.1) is 0 Å². The van der Waals surface area contributed by atoms with Gasteiger partial charge in [0.2, 0.25) is 5.75 Å². The number of rotatable bonds is 8. The second-order valence-electron chi connectivity index (χ2n) is 6.74. The Balaban J connectivity index is 2.15. The number of ether oxygens (including phenoxy) is 4. The number of amides is 1. The second kappa shape index (κ2) is 8.82. The van der Waals surface area contributed by atoms with Crippen LogP contribution in [0.25, 0.3) is 11.3 Å². The average Bonchev–Trinajstić information content (AvgIpc) is 3.09. The van der Waals surface area contributed by atoms with Gasteiger partial charge in [-0.2, -0.15) is 0 Å². The molecule has 158 valence electrons. The lowest BCUT2D eigenvalue weighted by molar-refractivity contribution is 0.0999. The summed E-state index contributed by atoms with van der Waals surface area (Å²) in [5.41, 5.74) is 9.55. The van der Waals surface area contributed by atoms with Crippen LogP contribution < -0.4 is 24.7 Å². The highest BCUT2D eigenvalue weighted by Gasteiger charge is 2.19. The van der Waals surface area contributed by atoms with Crippen molar-refractivity contribution in [2.45, 2.75) is 13.5 Å². The number of benzene rings is 2. The predicted octanol–water partition coefficient (Wildman–Crippen LogP) is 3.65. The topological polar surface area (TPSA) is 84.9 Å². The van der Waals surface area contributed by atoms with Crippen LogP contribution in [-0.2, 0) is 6.54 Å². The second-order valence-corrected chi connectivity index (χ2v) is 6.74. The average molecular weight is 410 g/mol. The molecule has 0 aliphatic carbocycles. The monoisotopic (exact) mass is 410 g/mol. The summed E-state index contributed by atoms with van der Waals surface area (Å²) in [7, 11) is 6.34. The number of nitrogens with two attached hydrogens (primary N) is 1. The lowest BCUT2D eigenvalue weighted by Crippen LogP contribution is -2.13. The Kier molecular flexibility index (Phi) is 6.20. The Morgan fingerprint density at radius 2 is 1.60 bits per heavy atom. The van der Waals surface area contributed by atoms with Gasteiger partial charge in [0.1, 0.15) is 5.75 Å². The molecule has 3 rings (SSSR count). The first-order valence-corrected chi connectivity index (χ1v) is 9.36. The Morgan fingerprint density at radius 1 is 0.933 bits per heavy atom. The molecule has 0 saturated heterocycles. The van der Waals surface area contributed by atoms with Gasteiger partial charge < -0.3 is 29.2 Å². The van der Waals surface area contributed by atoms with E-state index in [2.05, 4.69) is 0 Å². The molecule has 0 saturated carbocycles. The maximum Gasteiger partial charge on any atom is 0.250 e. The van der Waals surface area contributed by atoms with Crippen LogP contribution in [0.5, 0.6) is 23.0 Å². The fourth-order valence-corrected chi connectivity index (χ4v) is 3.53. The molecule has 2 aromatic carbocycles. The van der Waals surface area contributed by atoms with Crippen molar-refractivity contribution in [3.63, 3.8) is 0 Å².